The average molecular weight is 258 g/mol. The highest BCUT2D eigenvalue weighted by atomic mass is 35.5. The van der Waals surface area contributed by atoms with E-state index in [1.54, 1.807) is 6.07 Å². The molecule has 0 saturated heterocycles. The minimum Gasteiger partial charge on any atom is -0.310 e. The molecule has 1 saturated carbocycles. The van der Waals surface area contributed by atoms with Crippen LogP contribution in [0, 0.1) is 5.92 Å². The van der Waals surface area contributed by atoms with Crippen molar-refractivity contribution < 1.29 is 0 Å². The molecule has 3 heteroatoms. The Labute approximate surface area is 107 Å². The van der Waals surface area contributed by atoms with Gasteiger partial charge in [0, 0.05) is 22.6 Å². The van der Waals surface area contributed by atoms with Gasteiger partial charge in [-0.2, -0.15) is 0 Å². The van der Waals surface area contributed by atoms with E-state index < -0.39 is 0 Å². The van der Waals surface area contributed by atoms with Gasteiger partial charge in [0.05, 0.1) is 0 Å². The van der Waals surface area contributed by atoms with Gasteiger partial charge in [0.1, 0.15) is 0 Å². The smallest absolute Gasteiger partial charge is 0.0424 e. The third kappa shape index (κ3) is 3.38. The average Bonchev–Trinajstić information content (AvgIpc) is 2.93. The van der Waals surface area contributed by atoms with Gasteiger partial charge in [-0.15, -0.1) is 0 Å². The van der Waals surface area contributed by atoms with E-state index in [4.69, 9.17) is 23.2 Å². The van der Waals surface area contributed by atoms with Gasteiger partial charge in [-0.3, -0.25) is 0 Å². The molecular formula is C13H17Cl2N. The van der Waals surface area contributed by atoms with Crippen molar-refractivity contribution in [1.82, 2.24) is 5.32 Å². The van der Waals surface area contributed by atoms with E-state index in [1.165, 1.54) is 24.8 Å². The molecule has 0 heterocycles. The maximum Gasteiger partial charge on any atom is 0.0424 e. The standard InChI is InChI=1S/C13H17Cl2N/c1-2-3-10-6-13(10)16-8-9-4-11(14)7-12(15)5-9/h4-5,7,10,13,16H,2-3,6,8H2,1H3. The first-order valence-electron chi connectivity index (χ1n) is 5.87. The highest BCUT2D eigenvalue weighted by Gasteiger charge is 2.35. The normalized spacial score (nSPS) is 23.4. The second-order valence-corrected chi connectivity index (χ2v) is 5.42. The van der Waals surface area contributed by atoms with Crippen LogP contribution in [0.25, 0.3) is 0 Å². The van der Waals surface area contributed by atoms with E-state index >= 15 is 0 Å². The monoisotopic (exact) mass is 257 g/mol. The second-order valence-electron chi connectivity index (χ2n) is 4.55. The fraction of sp³-hybridized carbons (Fsp3) is 0.538. The highest BCUT2D eigenvalue weighted by Crippen LogP contribution is 2.34. The zero-order valence-electron chi connectivity index (χ0n) is 9.47. The van der Waals surface area contributed by atoms with Gasteiger partial charge in [0.15, 0.2) is 0 Å². The van der Waals surface area contributed by atoms with Crippen LogP contribution in [0.15, 0.2) is 18.2 Å². The van der Waals surface area contributed by atoms with E-state index in [2.05, 4.69) is 12.2 Å². The van der Waals surface area contributed by atoms with Crippen molar-refractivity contribution in [2.45, 2.75) is 38.8 Å². The lowest BCUT2D eigenvalue weighted by atomic mass is 10.2. The molecule has 2 rings (SSSR count). The zero-order chi connectivity index (χ0) is 11.5. The Kier molecular flexibility index (Phi) is 4.12. The molecule has 0 spiro atoms. The molecular weight excluding hydrogens is 241 g/mol. The largest absolute Gasteiger partial charge is 0.310 e. The Hall–Kier alpha value is -0.240. The number of hydrogen-bond acceptors (Lipinski definition) is 1. The quantitative estimate of drug-likeness (QED) is 0.831. The van der Waals surface area contributed by atoms with Crippen LogP contribution in [0.3, 0.4) is 0 Å². The molecule has 0 amide bonds. The summed E-state index contributed by atoms with van der Waals surface area (Å²) in [5.41, 5.74) is 1.17. The fourth-order valence-corrected chi connectivity index (χ4v) is 2.72. The van der Waals surface area contributed by atoms with Gasteiger partial charge in [-0.25, -0.2) is 0 Å². The van der Waals surface area contributed by atoms with E-state index in [-0.39, 0.29) is 0 Å². The number of nitrogens with one attached hydrogen (secondary N) is 1. The fourth-order valence-electron chi connectivity index (χ4n) is 2.15. The van der Waals surface area contributed by atoms with Crippen molar-refractivity contribution in [1.29, 1.82) is 0 Å². The zero-order valence-corrected chi connectivity index (χ0v) is 11.0. The van der Waals surface area contributed by atoms with Gasteiger partial charge in [0.2, 0.25) is 0 Å². The number of hydrogen-bond donors (Lipinski definition) is 1. The summed E-state index contributed by atoms with van der Waals surface area (Å²) in [5.74, 6) is 0.889. The molecule has 16 heavy (non-hydrogen) atoms. The molecule has 1 N–H and O–H groups in total. The summed E-state index contributed by atoms with van der Waals surface area (Å²) in [6.07, 6.45) is 3.95. The summed E-state index contributed by atoms with van der Waals surface area (Å²) in [7, 11) is 0. The first kappa shape index (κ1) is 12.2. The molecule has 1 nitrogen and oxygen atoms in total. The summed E-state index contributed by atoms with van der Waals surface area (Å²) in [5, 5.41) is 4.97. The first-order valence-corrected chi connectivity index (χ1v) is 6.63. The van der Waals surface area contributed by atoms with Crippen LogP contribution in [-0.2, 0) is 6.54 Å². The molecule has 88 valence electrons. The molecule has 2 atom stereocenters. The van der Waals surface area contributed by atoms with Gasteiger partial charge in [-0.1, -0.05) is 36.5 Å². The third-order valence-corrected chi connectivity index (χ3v) is 3.51. The van der Waals surface area contributed by atoms with Crippen LogP contribution in [0.2, 0.25) is 10.0 Å². The molecule has 1 aromatic rings. The topological polar surface area (TPSA) is 12.0 Å². The molecule has 1 fully saturated rings. The Morgan fingerprint density at radius 1 is 1.25 bits per heavy atom. The SMILES string of the molecule is CCCC1CC1NCc1cc(Cl)cc(Cl)c1. The Balaban J connectivity index is 1.82. The lowest BCUT2D eigenvalue weighted by Gasteiger charge is -2.05. The van der Waals surface area contributed by atoms with Gasteiger partial charge in [-0.05, 0) is 42.5 Å². The highest BCUT2D eigenvalue weighted by molar-refractivity contribution is 6.34. The van der Waals surface area contributed by atoms with E-state index in [0.717, 1.165) is 12.5 Å². The van der Waals surface area contributed by atoms with E-state index in [9.17, 15) is 0 Å². The van der Waals surface area contributed by atoms with E-state index in [0.29, 0.717) is 16.1 Å². The van der Waals surface area contributed by atoms with Crippen molar-refractivity contribution in [3.05, 3.63) is 33.8 Å². The minimum absolute atomic E-state index is 0.706. The molecule has 0 bridgehead atoms. The van der Waals surface area contributed by atoms with Crippen LogP contribution in [0.1, 0.15) is 31.7 Å². The molecule has 2 unspecified atom stereocenters. The maximum atomic E-state index is 5.95. The Morgan fingerprint density at radius 3 is 2.56 bits per heavy atom. The molecule has 1 aromatic carbocycles. The predicted octanol–water partition coefficient (Wildman–Crippen LogP) is 4.27. The number of halogens is 2. The first-order chi connectivity index (χ1) is 7.69. The predicted molar refractivity (Wildman–Crippen MR) is 70.1 cm³/mol. The van der Waals surface area contributed by atoms with Crippen molar-refractivity contribution >= 4 is 23.2 Å². The number of benzene rings is 1. The van der Waals surface area contributed by atoms with Gasteiger partial charge >= 0.3 is 0 Å². The van der Waals surface area contributed by atoms with Crippen molar-refractivity contribution in [2.75, 3.05) is 0 Å². The Bertz CT molecular complexity index is 345. The van der Waals surface area contributed by atoms with Crippen LogP contribution in [-0.4, -0.2) is 6.04 Å². The van der Waals surface area contributed by atoms with Crippen molar-refractivity contribution in [3.8, 4) is 0 Å². The van der Waals surface area contributed by atoms with Crippen molar-refractivity contribution in [3.63, 3.8) is 0 Å². The molecule has 1 aliphatic carbocycles. The second kappa shape index (κ2) is 5.39. The summed E-state index contributed by atoms with van der Waals surface area (Å²) in [6, 6.07) is 6.41. The molecule has 1 aliphatic rings. The lowest BCUT2D eigenvalue weighted by molar-refractivity contribution is 0.599. The van der Waals surface area contributed by atoms with Crippen LogP contribution < -0.4 is 5.32 Å². The number of rotatable bonds is 5. The van der Waals surface area contributed by atoms with Gasteiger partial charge in [0.25, 0.3) is 0 Å². The third-order valence-electron chi connectivity index (χ3n) is 3.07. The van der Waals surface area contributed by atoms with Crippen LogP contribution in [0.5, 0.6) is 0 Å². The summed E-state index contributed by atoms with van der Waals surface area (Å²) in [6.45, 7) is 3.11. The minimum atomic E-state index is 0.706. The maximum absolute atomic E-state index is 5.95. The van der Waals surface area contributed by atoms with Gasteiger partial charge < -0.3 is 5.32 Å². The van der Waals surface area contributed by atoms with Crippen LogP contribution >= 0.6 is 23.2 Å². The van der Waals surface area contributed by atoms with Crippen LogP contribution in [0.4, 0.5) is 0 Å². The van der Waals surface area contributed by atoms with E-state index in [1.807, 2.05) is 12.1 Å². The lowest BCUT2D eigenvalue weighted by Crippen LogP contribution is -2.17. The molecule has 0 aliphatic heterocycles. The molecule has 0 aromatic heterocycles. The summed E-state index contributed by atoms with van der Waals surface area (Å²) >= 11 is 11.9. The summed E-state index contributed by atoms with van der Waals surface area (Å²) < 4.78 is 0. The Morgan fingerprint density at radius 2 is 1.94 bits per heavy atom. The molecule has 0 radical (unpaired) electrons. The van der Waals surface area contributed by atoms with Crippen molar-refractivity contribution in [2.24, 2.45) is 5.92 Å². The summed E-state index contributed by atoms with van der Waals surface area (Å²) in [4.78, 5) is 0.